The molecule has 0 saturated heterocycles. The van der Waals surface area contributed by atoms with E-state index in [1.807, 2.05) is 12.1 Å². The molecule has 2 amide bonds. The lowest BCUT2D eigenvalue weighted by Crippen LogP contribution is -2.60. The highest BCUT2D eigenvalue weighted by Crippen LogP contribution is 2.66. The van der Waals surface area contributed by atoms with Crippen molar-refractivity contribution in [1.29, 1.82) is 0 Å². The molecule has 0 aromatic carbocycles. The van der Waals surface area contributed by atoms with Crippen LogP contribution in [0.4, 0.5) is 4.39 Å². The van der Waals surface area contributed by atoms with Crippen LogP contribution in [0.5, 0.6) is 0 Å². The second-order valence-corrected chi connectivity index (χ2v) is 13.0. The lowest BCUT2D eigenvalue weighted by Gasteiger charge is -2.60. The number of fused-ring (bicyclic) bond motifs is 6. The predicted octanol–water partition coefficient (Wildman–Crippen LogP) is 4.62. The first-order chi connectivity index (χ1) is 17.7. The number of halogens is 1. The van der Waals surface area contributed by atoms with E-state index in [9.17, 15) is 14.0 Å². The number of H-pyrrole nitrogens is 1. The average Bonchev–Trinajstić information content (AvgIpc) is 3.35. The van der Waals surface area contributed by atoms with Crippen LogP contribution in [0.25, 0.3) is 11.2 Å². The van der Waals surface area contributed by atoms with Crippen molar-refractivity contribution in [2.45, 2.75) is 76.8 Å². The van der Waals surface area contributed by atoms with Crippen molar-refractivity contribution in [3.05, 3.63) is 36.1 Å². The van der Waals surface area contributed by atoms with E-state index in [1.165, 1.54) is 0 Å². The van der Waals surface area contributed by atoms with Gasteiger partial charge in [0.05, 0.1) is 11.1 Å². The Labute approximate surface area is 216 Å². The number of hydrogen-bond donors (Lipinski definition) is 2. The lowest BCUT2D eigenvalue weighted by atomic mass is 9.47. The smallest absolute Gasteiger partial charge is 0.282 e. The summed E-state index contributed by atoms with van der Waals surface area (Å²) in [4.78, 5) is 40.3. The lowest BCUT2D eigenvalue weighted by molar-refractivity contribution is -0.145. The Morgan fingerprint density at radius 1 is 1.14 bits per heavy atom. The number of imidazole rings is 1. The van der Waals surface area contributed by atoms with Gasteiger partial charge in [0.2, 0.25) is 5.91 Å². The Morgan fingerprint density at radius 2 is 1.95 bits per heavy atom. The van der Waals surface area contributed by atoms with E-state index in [4.69, 9.17) is 4.98 Å². The first-order valence-electron chi connectivity index (χ1n) is 13.9. The summed E-state index contributed by atoms with van der Waals surface area (Å²) in [6.45, 7) is 4.50. The van der Waals surface area contributed by atoms with Gasteiger partial charge in [-0.1, -0.05) is 13.8 Å². The van der Waals surface area contributed by atoms with Gasteiger partial charge >= 0.3 is 0 Å². The normalized spacial score (nSPS) is 40.0. The molecular formula is C29H36FN5O2. The maximum absolute atomic E-state index is 14.7. The zero-order valence-corrected chi connectivity index (χ0v) is 21.9. The van der Waals surface area contributed by atoms with Gasteiger partial charge in [0.1, 0.15) is 5.82 Å². The highest BCUT2D eigenvalue weighted by Gasteiger charge is 2.63. The third-order valence-corrected chi connectivity index (χ3v) is 11.3. The van der Waals surface area contributed by atoms with Crippen molar-refractivity contribution in [2.75, 3.05) is 7.05 Å². The molecule has 4 fully saturated rings. The molecule has 7 rings (SSSR count). The number of aromatic amines is 1. The average molecular weight is 506 g/mol. The first-order valence-corrected chi connectivity index (χ1v) is 13.9. The SMILES string of the molecule is CN1C(=O)C(F)=C[C@]2(C)[C@H]3CC[C@]4(C)C(C(=O)NC5(c6nc7ncccc7[nH]6)CC5)CC[C@H]4[C@@H]3CC[C@@H]12. The van der Waals surface area contributed by atoms with Crippen LogP contribution in [-0.4, -0.2) is 44.8 Å². The van der Waals surface area contributed by atoms with Crippen LogP contribution in [0.3, 0.4) is 0 Å². The van der Waals surface area contributed by atoms with Crippen molar-refractivity contribution in [3.63, 3.8) is 0 Å². The molecule has 2 aromatic heterocycles. The molecule has 196 valence electrons. The summed E-state index contributed by atoms with van der Waals surface area (Å²) in [5.41, 5.74) is 0.780. The minimum absolute atomic E-state index is 0.0214. The fraction of sp³-hybridized carbons (Fsp3) is 0.655. The molecule has 2 N–H and O–H groups in total. The fourth-order valence-electron chi connectivity index (χ4n) is 9.20. The Balaban J connectivity index is 1.13. The summed E-state index contributed by atoms with van der Waals surface area (Å²) >= 11 is 0. The highest BCUT2D eigenvalue weighted by molar-refractivity contribution is 5.92. The van der Waals surface area contributed by atoms with Gasteiger partial charge in [0.15, 0.2) is 11.5 Å². The van der Waals surface area contributed by atoms with Gasteiger partial charge < -0.3 is 15.2 Å². The van der Waals surface area contributed by atoms with Crippen molar-refractivity contribution in [1.82, 2.24) is 25.2 Å². The first kappa shape index (κ1) is 23.4. The largest absolute Gasteiger partial charge is 0.343 e. The second kappa shape index (κ2) is 7.64. The summed E-state index contributed by atoms with van der Waals surface area (Å²) in [6.07, 6.45) is 11.0. The summed E-state index contributed by atoms with van der Waals surface area (Å²) < 4.78 is 14.7. The van der Waals surface area contributed by atoms with Crippen LogP contribution in [0, 0.1) is 34.5 Å². The minimum atomic E-state index is -0.602. The van der Waals surface area contributed by atoms with Crippen molar-refractivity contribution >= 4 is 23.0 Å². The predicted molar refractivity (Wildman–Crippen MR) is 137 cm³/mol. The Morgan fingerprint density at radius 3 is 2.70 bits per heavy atom. The van der Waals surface area contributed by atoms with Crippen LogP contribution >= 0.6 is 0 Å². The van der Waals surface area contributed by atoms with Gasteiger partial charge in [-0.3, -0.25) is 9.59 Å². The van der Waals surface area contributed by atoms with E-state index in [0.29, 0.717) is 23.4 Å². The van der Waals surface area contributed by atoms with Crippen molar-refractivity contribution in [2.24, 2.45) is 34.5 Å². The summed E-state index contributed by atoms with van der Waals surface area (Å²) in [5, 5.41) is 3.42. The van der Waals surface area contributed by atoms with Crippen LogP contribution < -0.4 is 5.32 Å². The van der Waals surface area contributed by atoms with Gasteiger partial charge in [-0.25, -0.2) is 14.4 Å². The van der Waals surface area contributed by atoms with Crippen LogP contribution in [0.15, 0.2) is 30.2 Å². The van der Waals surface area contributed by atoms with E-state index < -0.39 is 17.3 Å². The third-order valence-electron chi connectivity index (χ3n) is 11.3. The van der Waals surface area contributed by atoms with Crippen LogP contribution in [-0.2, 0) is 15.1 Å². The topological polar surface area (TPSA) is 91.0 Å². The molecule has 37 heavy (non-hydrogen) atoms. The Bertz CT molecular complexity index is 1300. The molecular weight excluding hydrogens is 469 g/mol. The maximum Gasteiger partial charge on any atom is 0.282 e. The van der Waals surface area contributed by atoms with Gasteiger partial charge in [0, 0.05) is 30.6 Å². The number of rotatable bonds is 3. The number of nitrogens with one attached hydrogen (secondary N) is 2. The number of aromatic nitrogens is 3. The maximum atomic E-state index is 14.7. The molecule has 0 spiro atoms. The number of pyridine rings is 1. The van der Waals surface area contributed by atoms with Crippen molar-refractivity contribution in [3.8, 4) is 0 Å². The summed E-state index contributed by atoms with van der Waals surface area (Å²) in [5.74, 6) is 1.11. The molecule has 7 atom stereocenters. The van der Waals surface area contributed by atoms with E-state index in [0.717, 1.165) is 62.7 Å². The van der Waals surface area contributed by atoms with Gasteiger partial charge in [-0.2, -0.15) is 0 Å². The quantitative estimate of drug-likeness (QED) is 0.637. The molecule has 2 aromatic rings. The number of amides is 2. The summed E-state index contributed by atoms with van der Waals surface area (Å²) in [6, 6.07) is 3.91. The molecule has 3 heterocycles. The van der Waals surface area contributed by atoms with Gasteiger partial charge in [-0.15, -0.1) is 0 Å². The molecule has 4 saturated carbocycles. The van der Waals surface area contributed by atoms with E-state index >= 15 is 0 Å². The van der Waals surface area contributed by atoms with E-state index in [2.05, 4.69) is 29.1 Å². The third kappa shape index (κ3) is 3.16. The van der Waals surface area contributed by atoms with Crippen LogP contribution in [0.1, 0.15) is 71.0 Å². The van der Waals surface area contributed by atoms with Crippen molar-refractivity contribution < 1.29 is 14.0 Å². The molecule has 4 aliphatic carbocycles. The highest BCUT2D eigenvalue weighted by atomic mass is 19.1. The van der Waals surface area contributed by atoms with Gasteiger partial charge in [-0.05, 0) is 92.7 Å². The zero-order valence-electron chi connectivity index (χ0n) is 21.9. The second-order valence-electron chi connectivity index (χ2n) is 13.0. The van der Waals surface area contributed by atoms with E-state index in [-0.39, 0.29) is 28.7 Å². The molecule has 0 bridgehead atoms. The van der Waals surface area contributed by atoms with Crippen LogP contribution in [0.2, 0.25) is 0 Å². The van der Waals surface area contributed by atoms with Gasteiger partial charge in [0.25, 0.3) is 5.91 Å². The molecule has 8 heteroatoms. The molecule has 5 aliphatic rings. The molecule has 7 nitrogen and oxygen atoms in total. The zero-order chi connectivity index (χ0) is 25.7. The monoisotopic (exact) mass is 505 g/mol. The fourth-order valence-corrected chi connectivity index (χ4v) is 9.20. The number of likely N-dealkylation sites (N-methyl/N-ethyl adjacent to an activating group) is 1. The Kier molecular flexibility index (Phi) is 4.82. The number of carbonyl (C=O) groups is 2. The number of hydrogen-bond acceptors (Lipinski definition) is 4. The molecule has 0 radical (unpaired) electrons. The van der Waals surface area contributed by atoms with E-state index in [1.54, 1.807) is 24.2 Å². The standard InChI is InChI=1S/C29H36FN5O2/c1-27-11-10-18-16(6-9-22-28(18,2)15-20(30)25(37)35(22)3)17(27)7-8-19(27)24(36)34-29(12-13-29)26-32-21-5-4-14-31-23(21)33-26/h4-5,14-19,22H,6-13H2,1-3H3,(H,34,36)(H,31,32,33)/t16-,17-,18-,19?,22+,27-,28+/m0/s1. The minimum Gasteiger partial charge on any atom is -0.343 e. The number of nitrogens with zero attached hydrogens (tertiary/aromatic N) is 3. The molecule has 1 aliphatic heterocycles. The Hall–Kier alpha value is -2.77. The number of carbonyl (C=O) groups excluding carboxylic acids is 2. The summed E-state index contributed by atoms with van der Waals surface area (Å²) in [7, 11) is 1.76. The molecule has 1 unspecified atom stereocenters.